The summed E-state index contributed by atoms with van der Waals surface area (Å²) in [4.78, 5) is 16.0. The highest BCUT2D eigenvalue weighted by molar-refractivity contribution is 5.90. The molecule has 2 heterocycles. The summed E-state index contributed by atoms with van der Waals surface area (Å²) in [5.74, 6) is -0.837. The number of aryl methyl sites for hydroxylation is 1. The average Bonchev–Trinajstić information content (AvgIpc) is 2.62. The van der Waals surface area contributed by atoms with Crippen molar-refractivity contribution in [2.24, 2.45) is 0 Å². The molecule has 2 atom stereocenters. The number of anilines is 1. The lowest BCUT2D eigenvalue weighted by Gasteiger charge is -2.40. The molecule has 19 heavy (non-hydrogen) atoms. The zero-order chi connectivity index (χ0) is 13.6. The number of benzene rings is 1. The van der Waals surface area contributed by atoms with Gasteiger partial charge in [0.15, 0.2) is 0 Å². The molecule has 102 valence electrons. The van der Waals surface area contributed by atoms with Gasteiger partial charge in [0.25, 0.3) is 0 Å². The molecule has 4 heteroatoms. The number of nitrogens with zero attached hydrogens (tertiary/aromatic N) is 2. The minimum Gasteiger partial charge on any atom is -0.478 e. The molecule has 2 aliphatic heterocycles. The number of carboxylic acid groups (broad SMARTS) is 1. The Morgan fingerprint density at radius 3 is 2.47 bits per heavy atom. The van der Waals surface area contributed by atoms with E-state index in [1.165, 1.54) is 12.8 Å². The molecule has 2 saturated heterocycles. The Balaban J connectivity index is 1.87. The SMILES string of the molecule is Cc1ccc(N2CC3CCC(C2)N3C)cc1C(=O)O. The summed E-state index contributed by atoms with van der Waals surface area (Å²) in [6, 6.07) is 7.02. The first kappa shape index (κ1) is 12.5. The van der Waals surface area contributed by atoms with Crippen LogP contribution in [0, 0.1) is 6.92 Å². The summed E-state index contributed by atoms with van der Waals surface area (Å²) in [6.45, 7) is 3.87. The van der Waals surface area contributed by atoms with Crippen LogP contribution in [0.1, 0.15) is 28.8 Å². The molecule has 2 aliphatic rings. The fourth-order valence-electron chi connectivity index (χ4n) is 3.36. The topological polar surface area (TPSA) is 43.8 Å². The number of aromatic carboxylic acids is 1. The molecule has 4 nitrogen and oxygen atoms in total. The van der Waals surface area contributed by atoms with E-state index in [9.17, 15) is 9.90 Å². The van der Waals surface area contributed by atoms with Crippen molar-refractivity contribution < 1.29 is 9.90 Å². The van der Waals surface area contributed by atoms with Crippen LogP contribution in [-0.4, -0.2) is 48.2 Å². The number of fused-ring (bicyclic) bond motifs is 2. The van der Waals surface area contributed by atoms with Crippen LogP contribution in [0.2, 0.25) is 0 Å². The lowest BCUT2D eigenvalue weighted by Crippen LogP contribution is -2.52. The highest BCUT2D eigenvalue weighted by atomic mass is 16.4. The zero-order valence-electron chi connectivity index (χ0n) is 11.5. The summed E-state index contributed by atoms with van der Waals surface area (Å²) in [5.41, 5.74) is 2.30. The normalized spacial score (nSPS) is 26.7. The second-order valence-electron chi connectivity index (χ2n) is 5.76. The highest BCUT2D eigenvalue weighted by Gasteiger charge is 2.37. The maximum Gasteiger partial charge on any atom is 0.336 e. The van der Waals surface area contributed by atoms with Crippen molar-refractivity contribution in [3.63, 3.8) is 0 Å². The van der Waals surface area contributed by atoms with Gasteiger partial charge in [0.05, 0.1) is 5.56 Å². The van der Waals surface area contributed by atoms with Crippen LogP contribution in [0.5, 0.6) is 0 Å². The van der Waals surface area contributed by atoms with Crippen molar-refractivity contribution in [1.29, 1.82) is 0 Å². The van der Waals surface area contributed by atoms with Gasteiger partial charge in [-0.3, -0.25) is 4.90 Å². The van der Waals surface area contributed by atoms with Crippen LogP contribution in [0.3, 0.4) is 0 Å². The van der Waals surface area contributed by atoms with E-state index in [2.05, 4.69) is 16.8 Å². The van der Waals surface area contributed by atoms with E-state index in [1.807, 2.05) is 25.1 Å². The van der Waals surface area contributed by atoms with Gasteiger partial charge in [-0.2, -0.15) is 0 Å². The number of hydrogen-bond acceptors (Lipinski definition) is 3. The number of carboxylic acids is 1. The molecule has 0 aromatic heterocycles. The number of piperazine rings is 1. The van der Waals surface area contributed by atoms with E-state index in [0.29, 0.717) is 17.6 Å². The minimum atomic E-state index is -0.837. The molecule has 0 saturated carbocycles. The molecule has 0 amide bonds. The van der Waals surface area contributed by atoms with Gasteiger partial charge in [-0.05, 0) is 44.5 Å². The molecule has 0 aliphatic carbocycles. The Bertz CT molecular complexity index is 501. The summed E-state index contributed by atoms with van der Waals surface area (Å²) >= 11 is 0. The summed E-state index contributed by atoms with van der Waals surface area (Å²) in [7, 11) is 2.21. The lowest BCUT2D eigenvalue weighted by atomic mass is 10.1. The molecule has 2 unspecified atom stereocenters. The molecule has 3 rings (SSSR count). The third-order valence-corrected chi connectivity index (χ3v) is 4.66. The van der Waals surface area contributed by atoms with Crippen molar-refractivity contribution in [3.8, 4) is 0 Å². The zero-order valence-corrected chi connectivity index (χ0v) is 11.5. The van der Waals surface area contributed by atoms with Crippen molar-refractivity contribution in [1.82, 2.24) is 4.90 Å². The van der Waals surface area contributed by atoms with E-state index < -0.39 is 5.97 Å². The predicted molar refractivity (Wildman–Crippen MR) is 74.9 cm³/mol. The third-order valence-electron chi connectivity index (χ3n) is 4.66. The number of likely N-dealkylation sites (N-methyl/N-ethyl adjacent to an activating group) is 1. The van der Waals surface area contributed by atoms with E-state index in [0.717, 1.165) is 24.3 Å². The smallest absolute Gasteiger partial charge is 0.336 e. The van der Waals surface area contributed by atoms with E-state index in [4.69, 9.17) is 0 Å². The Morgan fingerprint density at radius 2 is 1.89 bits per heavy atom. The minimum absolute atomic E-state index is 0.420. The van der Waals surface area contributed by atoms with E-state index in [1.54, 1.807) is 0 Å². The molecule has 1 aromatic carbocycles. The van der Waals surface area contributed by atoms with Gasteiger partial charge >= 0.3 is 5.97 Å². The quantitative estimate of drug-likeness (QED) is 0.883. The maximum absolute atomic E-state index is 11.2. The Labute approximate surface area is 113 Å². The number of hydrogen-bond donors (Lipinski definition) is 1. The molecule has 1 aromatic rings. The predicted octanol–water partition coefficient (Wildman–Crippen LogP) is 1.98. The Hall–Kier alpha value is -1.55. The maximum atomic E-state index is 11.2. The summed E-state index contributed by atoms with van der Waals surface area (Å²) in [5, 5.41) is 9.22. The van der Waals surface area contributed by atoms with Gasteiger partial charge in [0, 0.05) is 30.9 Å². The first-order valence-corrected chi connectivity index (χ1v) is 6.87. The monoisotopic (exact) mass is 260 g/mol. The standard InChI is InChI=1S/C15H20N2O2/c1-10-3-4-11(7-14(10)15(18)19)17-8-12-5-6-13(9-17)16(12)2/h3-4,7,12-13H,5-6,8-9H2,1-2H3,(H,18,19). The van der Waals surface area contributed by atoms with Crippen LogP contribution in [0.25, 0.3) is 0 Å². The van der Waals surface area contributed by atoms with Crippen molar-refractivity contribution in [2.75, 3.05) is 25.0 Å². The fourth-order valence-corrected chi connectivity index (χ4v) is 3.36. The van der Waals surface area contributed by atoms with Crippen LogP contribution in [0.4, 0.5) is 5.69 Å². The summed E-state index contributed by atoms with van der Waals surface area (Å²) < 4.78 is 0. The largest absolute Gasteiger partial charge is 0.478 e. The van der Waals surface area contributed by atoms with Crippen molar-refractivity contribution in [3.05, 3.63) is 29.3 Å². The van der Waals surface area contributed by atoms with Gasteiger partial charge in [-0.25, -0.2) is 4.79 Å². The Kier molecular flexibility index (Phi) is 2.97. The first-order chi connectivity index (χ1) is 9.06. The molecule has 0 radical (unpaired) electrons. The molecular formula is C15H20N2O2. The fraction of sp³-hybridized carbons (Fsp3) is 0.533. The molecule has 2 fully saturated rings. The van der Waals surface area contributed by atoms with E-state index in [-0.39, 0.29) is 0 Å². The highest BCUT2D eigenvalue weighted by Crippen LogP contribution is 2.31. The van der Waals surface area contributed by atoms with Gasteiger partial charge < -0.3 is 10.0 Å². The second-order valence-corrected chi connectivity index (χ2v) is 5.76. The molecule has 0 spiro atoms. The molecule has 1 N–H and O–H groups in total. The number of rotatable bonds is 2. The van der Waals surface area contributed by atoms with E-state index >= 15 is 0 Å². The van der Waals surface area contributed by atoms with Gasteiger partial charge in [0.2, 0.25) is 0 Å². The van der Waals surface area contributed by atoms with Gasteiger partial charge in [-0.15, -0.1) is 0 Å². The van der Waals surface area contributed by atoms with Gasteiger partial charge in [0.1, 0.15) is 0 Å². The van der Waals surface area contributed by atoms with Crippen molar-refractivity contribution >= 4 is 11.7 Å². The Morgan fingerprint density at radius 1 is 1.26 bits per heavy atom. The average molecular weight is 260 g/mol. The van der Waals surface area contributed by atoms with Crippen LogP contribution < -0.4 is 4.90 Å². The number of carbonyl (C=O) groups is 1. The van der Waals surface area contributed by atoms with Crippen LogP contribution in [0.15, 0.2) is 18.2 Å². The van der Waals surface area contributed by atoms with Crippen molar-refractivity contribution in [2.45, 2.75) is 31.8 Å². The van der Waals surface area contributed by atoms with Gasteiger partial charge in [-0.1, -0.05) is 6.07 Å². The molecule has 2 bridgehead atoms. The lowest BCUT2D eigenvalue weighted by molar-refractivity contribution is 0.0696. The molecular weight excluding hydrogens is 240 g/mol. The second kappa shape index (κ2) is 4.53. The van der Waals surface area contributed by atoms with Crippen LogP contribution >= 0.6 is 0 Å². The first-order valence-electron chi connectivity index (χ1n) is 6.87. The third kappa shape index (κ3) is 2.10. The summed E-state index contributed by atoms with van der Waals surface area (Å²) in [6.07, 6.45) is 2.52. The van der Waals surface area contributed by atoms with Crippen LogP contribution in [-0.2, 0) is 0 Å².